The highest BCUT2D eigenvalue weighted by atomic mass is 32.2. The van der Waals surface area contributed by atoms with Gasteiger partial charge in [0.1, 0.15) is 11.6 Å². The molecule has 1 heterocycles. The molecule has 1 fully saturated rings. The predicted molar refractivity (Wildman–Crippen MR) is 117 cm³/mol. The molecule has 164 valence electrons. The molecule has 1 aliphatic rings. The second-order valence-corrected chi connectivity index (χ2v) is 9.22. The third kappa shape index (κ3) is 5.71. The van der Waals surface area contributed by atoms with Crippen LogP contribution in [0.1, 0.15) is 18.9 Å². The Kier molecular flexibility index (Phi) is 7.69. The van der Waals surface area contributed by atoms with Crippen molar-refractivity contribution in [3.05, 3.63) is 53.8 Å². The van der Waals surface area contributed by atoms with E-state index in [0.29, 0.717) is 44.2 Å². The summed E-state index contributed by atoms with van der Waals surface area (Å²) >= 11 is 0. The molecular formula is C22H30FN3O3S. The molecule has 0 atom stereocenters. The number of para-hydroxylation sites is 1. The summed E-state index contributed by atoms with van der Waals surface area (Å²) in [6, 6.07) is 11.7. The fourth-order valence-electron chi connectivity index (χ4n) is 3.51. The number of piperazine rings is 1. The number of ether oxygens (including phenoxy) is 1. The van der Waals surface area contributed by atoms with Gasteiger partial charge in [-0.3, -0.25) is 4.90 Å². The fourth-order valence-corrected chi connectivity index (χ4v) is 4.61. The lowest BCUT2D eigenvalue weighted by Crippen LogP contribution is -2.48. The number of nitrogens with zero attached hydrogens (tertiary/aromatic N) is 2. The molecule has 0 radical (unpaired) electrons. The highest BCUT2D eigenvalue weighted by molar-refractivity contribution is 7.89. The molecule has 3 rings (SSSR count). The van der Waals surface area contributed by atoms with Crippen LogP contribution in [0.5, 0.6) is 5.75 Å². The van der Waals surface area contributed by atoms with Crippen LogP contribution < -0.4 is 14.4 Å². The maximum absolute atomic E-state index is 13.9. The number of aryl methyl sites for hydroxylation is 1. The summed E-state index contributed by atoms with van der Waals surface area (Å²) in [5, 5.41) is 0. The second-order valence-electron chi connectivity index (χ2n) is 7.45. The number of nitrogens with one attached hydrogen (secondary N) is 1. The Morgan fingerprint density at radius 3 is 2.50 bits per heavy atom. The van der Waals surface area contributed by atoms with Crippen LogP contribution in [0, 0.1) is 12.7 Å². The minimum atomic E-state index is -3.57. The Bertz CT molecular complexity index is 944. The van der Waals surface area contributed by atoms with Crippen molar-refractivity contribution in [3.8, 4) is 5.75 Å². The highest BCUT2D eigenvalue weighted by Crippen LogP contribution is 2.22. The van der Waals surface area contributed by atoms with E-state index in [1.54, 1.807) is 30.3 Å². The van der Waals surface area contributed by atoms with Gasteiger partial charge < -0.3 is 9.64 Å². The van der Waals surface area contributed by atoms with Gasteiger partial charge >= 0.3 is 0 Å². The van der Waals surface area contributed by atoms with Gasteiger partial charge in [0.05, 0.1) is 17.2 Å². The first-order valence-electron chi connectivity index (χ1n) is 10.4. The van der Waals surface area contributed by atoms with Crippen LogP contribution in [-0.2, 0) is 10.0 Å². The Morgan fingerprint density at radius 1 is 1.10 bits per heavy atom. The van der Waals surface area contributed by atoms with Gasteiger partial charge in [-0.15, -0.1) is 0 Å². The quantitative estimate of drug-likeness (QED) is 0.656. The monoisotopic (exact) mass is 435 g/mol. The molecule has 0 aromatic heterocycles. The maximum atomic E-state index is 13.9. The number of benzene rings is 2. The van der Waals surface area contributed by atoms with Gasteiger partial charge in [-0.05, 0) is 49.2 Å². The lowest BCUT2D eigenvalue weighted by Gasteiger charge is -2.36. The predicted octanol–water partition coefficient (Wildman–Crippen LogP) is 3.02. The fraction of sp³-hybridized carbons (Fsp3) is 0.455. The van der Waals surface area contributed by atoms with E-state index >= 15 is 0 Å². The topological polar surface area (TPSA) is 61.9 Å². The number of hydrogen-bond donors (Lipinski definition) is 1. The number of anilines is 1. The van der Waals surface area contributed by atoms with Crippen molar-refractivity contribution in [2.75, 3.05) is 50.8 Å². The number of hydrogen-bond acceptors (Lipinski definition) is 5. The van der Waals surface area contributed by atoms with E-state index in [9.17, 15) is 12.8 Å². The largest absolute Gasteiger partial charge is 0.493 e. The van der Waals surface area contributed by atoms with Crippen molar-refractivity contribution in [2.45, 2.75) is 25.2 Å². The Morgan fingerprint density at radius 2 is 1.83 bits per heavy atom. The molecular weight excluding hydrogens is 405 g/mol. The SMILES string of the molecule is CCCOc1ccc(S(=O)(=O)NCCN2CCN(c3ccccc3F)CC2)cc1C. The summed E-state index contributed by atoms with van der Waals surface area (Å²) in [5.74, 6) is 0.503. The van der Waals surface area contributed by atoms with Crippen LogP contribution >= 0.6 is 0 Å². The smallest absolute Gasteiger partial charge is 0.240 e. The molecule has 0 amide bonds. The Labute approximate surface area is 178 Å². The molecule has 1 saturated heterocycles. The average Bonchev–Trinajstić information content (AvgIpc) is 2.74. The van der Waals surface area contributed by atoms with Gasteiger partial charge in [-0.2, -0.15) is 0 Å². The Hall–Kier alpha value is -2.16. The van der Waals surface area contributed by atoms with Crippen LogP contribution in [-0.4, -0.2) is 59.2 Å². The summed E-state index contributed by atoms with van der Waals surface area (Å²) in [7, 11) is -3.57. The third-order valence-electron chi connectivity index (χ3n) is 5.20. The zero-order valence-corrected chi connectivity index (χ0v) is 18.4. The lowest BCUT2D eigenvalue weighted by atomic mass is 10.2. The van der Waals surface area contributed by atoms with Gasteiger partial charge in [-0.1, -0.05) is 19.1 Å². The van der Waals surface area contributed by atoms with E-state index in [4.69, 9.17) is 4.74 Å². The van der Waals surface area contributed by atoms with Crippen molar-refractivity contribution in [1.82, 2.24) is 9.62 Å². The first kappa shape index (κ1) is 22.5. The normalized spacial score (nSPS) is 15.4. The minimum Gasteiger partial charge on any atom is -0.493 e. The standard InChI is InChI=1S/C22H30FN3O3S/c1-3-16-29-22-9-8-19(17-18(22)2)30(27,28)24-10-11-25-12-14-26(15-13-25)21-7-5-4-6-20(21)23/h4-9,17,24H,3,10-16H2,1-2H3. The molecule has 6 nitrogen and oxygen atoms in total. The minimum absolute atomic E-state index is 0.208. The van der Waals surface area contributed by atoms with Crippen LogP contribution in [0.25, 0.3) is 0 Å². The van der Waals surface area contributed by atoms with Gasteiger partial charge in [0.25, 0.3) is 0 Å². The molecule has 2 aromatic carbocycles. The highest BCUT2D eigenvalue weighted by Gasteiger charge is 2.20. The first-order valence-corrected chi connectivity index (χ1v) is 11.8. The molecule has 0 spiro atoms. The second kappa shape index (κ2) is 10.2. The van der Waals surface area contributed by atoms with Crippen LogP contribution in [0.2, 0.25) is 0 Å². The molecule has 1 N–H and O–H groups in total. The summed E-state index contributed by atoms with van der Waals surface area (Å²) in [4.78, 5) is 4.46. The molecule has 1 aliphatic heterocycles. The maximum Gasteiger partial charge on any atom is 0.240 e. The van der Waals surface area contributed by atoms with E-state index in [-0.39, 0.29) is 10.7 Å². The molecule has 30 heavy (non-hydrogen) atoms. The van der Waals surface area contributed by atoms with Crippen LogP contribution in [0.4, 0.5) is 10.1 Å². The van der Waals surface area contributed by atoms with Gasteiger partial charge in [0, 0.05) is 39.3 Å². The van der Waals surface area contributed by atoms with E-state index in [1.807, 2.05) is 24.8 Å². The van der Waals surface area contributed by atoms with E-state index in [2.05, 4.69) is 9.62 Å². The van der Waals surface area contributed by atoms with E-state index in [1.165, 1.54) is 6.07 Å². The van der Waals surface area contributed by atoms with Gasteiger partial charge in [0.2, 0.25) is 10.0 Å². The van der Waals surface area contributed by atoms with Crippen molar-refractivity contribution < 1.29 is 17.5 Å². The number of rotatable bonds is 9. The number of sulfonamides is 1. The molecule has 2 aromatic rings. The summed E-state index contributed by atoms with van der Waals surface area (Å²) in [5.41, 5.74) is 1.43. The average molecular weight is 436 g/mol. The van der Waals surface area contributed by atoms with Gasteiger partial charge in [-0.25, -0.2) is 17.5 Å². The number of halogens is 1. The summed E-state index contributed by atoms with van der Waals surface area (Å²) in [6.45, 7) is 8.37. The van der Waals surface area contributed by atoms with Crippen molar-refractivity contribution in [3.63, 3.8) is 0 Å². The third-order valence-corrected chi connectivity index (χ3v) is 6.66. The van der Waals surface area contributed by atoms with E-state index in [0.717, 1.165) is 25.1 Å². The molecule has 8 heteroatoms. The van der Waals surface area contributed by atoms with Crippen molar-refractivity contribution in [1.29, 1.82) is 0 Å². The molecule has 0 bridgehead atoms. The van der Waals surface area contributed by atoms with Crippen LogP contribution in [0.15, 0.2) is 47.4 Å². The zero-order chi connectivity index (χ0) is 21.6. The summed E-state index contributed by atoms with van der Waals surface area (Å²) in [6.07, 6.45) is 0.898. The molecule has 0 unspecified atom stereocenters. The van der Waals surface area contributed by atoms with E-state index < -0.39 is 10.0 Å². The lowest BCUT2D eigenvalue weighted by molar-refractivity contribution is 0.261. The van der Waals surface area contributed by atoms with Gasteiger partial charge in [0.15, 0.2) is 0 Å². The first-order chi connectivity index (χ1) is 14.4. The Balaban J connectivity index is 1.48. The molecule has 0 saturated carbocycles. The van der Waals surface area contributed by atoms with Crippen LogP contribution in [0.3, 0.4) is 0 Å². The zero-order valence-electron chi connectivity index (χ0n) is 17.6. The van der Waals surface area contributed by atoms with Crippen molar-refractivity contribution in [2.24, 2.45) is 0 Å². The summed E-state index contributed by atoms with van der Waals surface area (Å²) < 4.78 is 47.4. The van der Waals surface area contributed by atoms with Crippen molar-refractivity contribution >= 4 is 15.7 Å². The molecule has 0 aliphatic carbocycles.